The van der Waals surface area contributed by atoms with Crippen LogP contribution < -0.4 is 16.0 Å². The summed E-state index contributed by atoms with van der Waals surface area (Å²) in [6, 6.07) is 14.4. The minimum Gasteiger partial charge on any atom is -0.357 e. The van der Waals surface area contributed by atoms with E-state index in [-0.39, 0.29) is 35.7 Å². The molecule has 2 aromatic rings. The van der Waals surface area contributed by atoms with E-state index in [4.69, 9.17) is 0 Å². The molecule has 3 N–H and O–H groups in total. The number of carbonyl (C=O) groups excluding carboxylic acids is 1. The lowest BCUT2D eigenvalue weighted by Crippen LogP contribution is -2.39. The van der Waals surface area contributed by atoms with Crippen molar-refractivity contribution < 1.29 is 9.18 Å². The van der Waals surface area contributed by atoms with Crippen molar-refractivity contribution in [2.75, 3.05) is 26.7 Å². The first-order chi connectivity index (χ1) is 13.9. The first-order valence-corrected chi connectivity index (χ1v) is 9.95. The van der Waals surface area contributed by atoms with Crippen LogP contribution in [0.1, 0.15) is 42.3 Å². The molecule has 0 radical (unpaired) electrons. The van der Waals surface area contributed by atoms with Crippen LogP contribution in [0.4, 0.5) is 4.39 Å². The Labute approximate surface area is 196 Å². The Bertz CT molecular complexity index is 855. The van der Waals surface area contributed by atoms with Crippen molar-refractivity contribution in [2.24, 2.45) is 4.99 Å². The van der Waals surface area contributed by atoms with E-state index in [0.717, 1.165) is 18.5 Å². The van der Waals surface area contributed by atoms with E-state index in [0.29, 0.717) is 30.2 Å². The molecule has 0 atom stereocenters. The van der Waals surface area contributed by atoms with Gasteiger partial charge >= 0.3 is 0 Å². The van der Waals surface area contributed by atoms with E-state index in [2.05, 4.69) is 20.9 Å². The number of guanidine groups is 1. The van der Waals surface area contributed by atoms with Crippen LogP contribution in [0.2, 0.25) is 0 Å². The Hall–Kier alpha value is -2.16. The summed E-state index contributed by atoms with van der Waals surface area (Å²) in [5.41, 5.74) is 1.96. The van der Waals surface area contributed by atoms with Crippen LogP contribution in [0.25, 0.3) is 0 Å². The highest BCUT2D eigenvalue weighted by Gasteiger charge is 2.23. The molecule has 0 saturated heterocycles. The molecule has 0 spiro atoms. The maximum atomic E-state index is 14.2. The summed E-state index contributed by atoms with van der Waals surface area (Å²) in [7, 11) is 1.62. The number of amides is 1. The predicted octanol–water partition coefficient (Wildman–Crippen LogP) is 3.88. The van der Waals surface area contributed by atoms with Gasteiger partial charge in [0.25, 0.3) is 5.91 Å². The number of nitrogens with zero attached hydrogens (tertiary/aromatic N) is 1. The summed E-state index contributed by atoms with van der Waals surface area (Å²) in [6.45, 7) is 7.84. The zero-order chi connectivity index (χ0) is 21.3. The minimum absolute atomic E-state index is 0. The topological polar surface area (TPSA) is 65.5 Å². The van der Waals surface area contributed by atoms with Crippen LogP contribution in [0.15, 0.2) is 53.5 Å². The lowest BCUT2D eigenvalue weighted by atomic mass is 9.84. The zero-order valence-corrected chi connectivity index (χ0v) is 20.4. The molecule has 2 rings (SSSR count). The number of rotatable bonds is 8. The van der Waals surface area contributed by atoms with E-state index in [9.17, 15) is 9.18 Å². The summed E-state index contributed by atoms with van der Waals surface area (Å²) in [5.74, 6) is 0.395. The summed E-state index contributed by atoms with van der Waals surface area (Å²) in [6.07, 6.45) is 0.756. The minimum atomic E-state index is -0.421. The molecular formula is C23H32FIN4O. The van der Waals surface area contributed by atoms with Gasteiger partial charge in [-0.15, -0.1) is 24.0 Å². The molecule has 30 heavy (non-hydrogen) atoms. The van der Waals surface area contributed by atoms with Gasteiger partial charge in [0, 0.05) is 31.1 Å². The van der Waals surface area contributed by atoms with Crippen molar-refractivity contribution in [3.05, 3.63) is 71.0 Å². The maximum absolute atomic E-state index is 14.2. The first kappa shape index (κ1) is 25.9. The smallest absolute Gasteiger partial charge is 0.251 e. The van der Waals surface area contributed by atoms with Gasteiger partial charge in [-0.25, -0.2) is 4.39 Å². The molecule has 0 bridgehead atoms. The van der Waals surface area contributed by atoms with Crippen molar-refractivity contribution in [3.8, 4) is 0 Å². The molecule has 7 heteroatoms. The average molecular weight is 526 g/mol. The van der Waals surface area contributed by atoms with E-state index in [1.807, 2.05) is 51.1 Å². The van der Waals surface area contributed by atoms with Gasteiger partial charge < -0.3 is 16.0 Å². The lowest BCUT2D eigenvalue weighted by Gasteiger charge is -2.24. The molecule has 0 unspecified atom stereocenters. The largest absolute Gasteiger partial charge is 0.357 e. The fraction of sp³-hybridized carbons (Fsp3) is 0.391. The van der Waals surface area contributed by atoms with Crippen LogP contribution in [-0.2, 0) is 11.8 Å². The Balaban J connectivity index is 0.00000450. The zero-order valence-electron chi connectivity index (χ0n) is 18.1. The van der Waals surface area contributed by atoms with Crippen LogP contribution in [0, 0.1) is 5.82 Å². The van der Waals surface area contributed by atoms with Crippen molar-refractivity contribution in [1.29, 1.82) is 0 Å². The highest BCUT2D eigenvalue weighted by molar-refractivity contribution is 14.0. The molecule has 0 fully saturated rings. The van der Waals surface area contributed by atoms with Crippen LogP contribution in [0.3, 0.4) is 0 Å². The van der Waals surface area contributed by atoms with Gasteiger partial charge in [-0.2, -0.15) is 0 Å². The summed E-state index contributed by atoms with van der Waals surface area (Å²) in [4.78, 5) is 16.4. The van der Waals surface area contributed by atoms with E-state index < -0.39 is 5.41 Å². The van der Waals surface area contributed by atoms with Gasteiger partial charge in [-0.3, -0.25) is 9.79 Å². The van der Waals surface area contributed by atoms with Gasteiger partial charge in [-0.05, 0) is 42.7 Å². The third-order valence-electron chi connectivity index (χ3n) is 4.70. The second-order valence-electron chi connectivity index (χ2n) is 7.52. The van der Waals surface area contributed by atoms with E-state index in [1.54, 1.807) is 19.2 Å². The number of hydrogen-bond donors (Lipinski definition) is 3. The molecule has 0 aliphatic heterocycles. The molecule has 0 saturated carbocycles. The van der Waals surface area contributed by atoms with Gasteiger partial charge in [0.15, 0.2) is 5.96 Å². The van der Waals surface area contributed by atoms with Gasteiger partial charge in [0.2, 0.25) is 0 Å². The Morgan fingerprint density at radius 1 is 1.10 bits per heavy atom. The Kier molecular flexibility index (Phi) is 10.8. The molecule has 5 nitrogen and oxygen atoms in total. The SMILES string of the molecule is CCNC(=NCC(C)(C)c1ccccc1F)NCCc1cccc(C(=O)NC)c1.I. The van der Waals surface area contributed by atoms with Crippen molar-refractivity contribution in [2.45, 2.75) is 32.6 Å². The molecule has 1 amide bonds. The molecule has 0 aromatic heterocycles. The third kappa shape index (κ3) is 7.59. The van der Waals surface area contributed by atoms with Crippen molar-refractivity contribution >= 4 is 35.8 Å². The number of aliphatic imine (C=N–C) groups is 1. The summed E-state index contributed by atoms with van der Waals surface area (Å²) in [5, 5.41) is 9.18. The number of halogens is 2. The molecular weight excluding hydrogens is 494 g/mol. The van der Waals surface area contributed by atoms with Gasteiger partial charge in [-0.1, -0.05) is 44.2 Å². The number of carbonyl (C=O) groups is 1. The lowest BCUT2D eigenvalue weighted by molar-refractivity contribution is 0.0963. The fourth-order valence-corrected chi connectivity index (χ4v) is 3.05. The highest BCUT2D eigenvalue weighted by atomic mass is 127. The monoisotopic (exact) mass is 526 g/mol. The average Bonchev–Trinajstić information content (AvgIpc) is 2.72. The van der Waals surface area contributed by atoms with Crippen molar-refractivity contribution in [3.63, 3.8) is 0 Å². The first-order valence-electron chi connectivity index (χ1n) is 9.95. The number of hydrogen-bond acceptors (Lipinski definition) is 2. The summed E-state index contributed by atoms with van der Waals surface area (Å²) >= 11 is 0. The van der Waals surface area contributed by atoms with E-state index in [1.165, 1.54) is 6.07 Å². The molecule has 0 heterocycles. The normalized spacial score (nSPS) is 11.4. The van der Waals surface area contributed by atoms with E-state index >= 15 is 0 Å². The van der Waals surface area contributed by atoms with Gasteiger partial charge in [0.05, 0.1) is 6.54 Å². The maximum Gasteiger partial charge on any atom is 0.251 e. The molecule has 0 aliphatic rings. The van der Waals surface area contributed by atoms with Crippen LogP contribution >= 0.6 is 24.0 Å². The van der Waals surface area contributed by atoms with Crippen LogP contribution in [0.5, 0.6) is 0 Å². The second-order valence-corrected chi connectivity index (χ2v) is 7.52. The molecule has 164 valence electrons. The molecule has 2 aromatic carbocycles. The quantitative estimate of drug-likeness (QED) is 0.278. The Morgan fingerprint density at radius 3 is 2.50 bits per heavy atom. The Morgan fingerprint density at radius 2 is 1.83 bits per heavy atom. The summed E-state index contributed by atoms with van der Waals surface area (Å²) < 4.78 is 14.2. The predicted molar refractivity (Wildman–Crippen MR) is 132 cm³/mol. The number of benzene rings is 2. The number of nitrogens with one attached hydrogen (secondary N) is 3. The second kappa shape index (κ2) is 12.5. The standard InChI is InChI=1S/C23H31FN4O.HI/c1-5-26-22(28-16-23(2,3)19-11-6-7-12-20(19)24)27-14-13-17-9-8-10-18(15-17)21(29)25-4;/h6-12,15H,5,13-14,16H2,1-4H3,(H,25,29)(H2,26,27,28);1H. The van der Waals surface area contributed by atoms with Gasteiger partial charge in [0.1, 0.15) is 5.82 Å². The highest BCUT2D eigenvalue weighted by Crippen LogP contribution is 2.25. The molecule has 0 aliphatic carbocycles. The fourth-order valence-electron chi connectivity index (χ4n) is 3.05. The van der Waals surface area contributed by atoms with Crippen LogP contribution in [-0.4, -0.2) is 38.5 Å². The van der Waals surface area contributed by atoms with Crippen molar-refractivity contribution in [1.82, 2.24) is 16.0 Å². The third-order valence-corrected chi connectivity index (χ3v) is 4.70.